The predicted octanol–water partition coefficient (Wildman–Crippen LogP) is 2.32. The lowest BCUT2D eigenvalue weighted by atomic mass is 9.99. The van der Waals surface area contributed by atoms with Gasteiger partial charge in [-0.15, -0.1) is 0 Å². The Kier molecular flexibility index (Phi) is 5.70. The topological polar surface area (TPSA) is 76.1 Å². The van der Waals surface area contributed by atoms with E-state index in [9.17, 15) is 14.4 Å². The third-order valence-electron chi connectivity index (χ3n) is 5.42. The van der Waals surface area contributed by atoms with Crippen LogP contribution in [0.4, 0.5) is 5.69 Å². The number of anilines is 1. The highest BCUT2D eigenvalue weighted by Gasteiger charge is 2.30. The zero-order chi connectivity index (χ0) is 21.1. The Balaban J connectivity index is 1.39. The Morgan fingerprint density at radius 3 is 2.63 bits per heavy atom. The first-order valence-corrected chi connectivity index (χ1v) is 10.1. The van der Waals surface area contributed by atoms with Crippen LogP contribution < -0.4 is 9.64 Å². The fourth-order valence-corrected chi connectivity index (χ4v) is 3.85. The van der Waals surface area contributed by atoms with Crippen LogP contribution in [-0.2, 0) is 32.1 Å². The average Bonchev–Trinajstić information content (AvgIpc) is 2.91. The maximum Gasteiger partial charge on any atom is 0.326 e. The van der Waals surface area contributed by atoms with Crippen LogP contribution in [0.5, 0.6) is 5.75 Å². The summed E-state index contributed by atoms with van der Waals surface area (Å²) in [6.45, 7) is 2.66. The quantitative estimate of drug-likeness (QED) is 0.726. The Morgan fingerprint density at radius 1 is 1.07 bits per heavy atom. The normalized spacial score (nSPS) is 16.6. The standard InChI is InChI=1S/C23H24N2O5/c1-16(23(28)24-12-10-17-6-2-3-7-18(17)14-24)30-22(27)15-25-19-8-4-5-9-20(19)29-13-11-21(25)26/h2-9,16H,10-15H2,1H3/t16-/m1/s1. The molecule has 0 aliphatic carbocycles. The number of esters is 1. The van der Waals surface area contributed by atoms with E-state index in [0.29, 0.717) is 24.5 Å². The van der Waals surface area contributed by atoms with Crippen LogP contribution in [0.25, 0.3) is 0 Å². The summed E-state index contributed by atoms with van der Waals surface area (Å²) in [6, 6.07) is 15.1. The third-order valence-corrected chi connectivity index (χ3v) is 5.42. The van der Waals surface area contributed by atoms with Gasteiger partial charge in [-0.1, -0.05) is 36.4 Å². The molecule has 2 amide bonds. The Labute approximate surface area is 175 Å². The number of para-hydroxylation sites is 2. The second kappa shape index (κ2) is 8.57. The van der Waals surface area contributed by atoms with Crippen LogP contribution >= 0.6 is 0 Å². The molecule has 2 aromatic carbocycles. The van der Waals surface area contributed by atoms with Gasteiger partial charge in [0.15, 0.2) is 6.10 Å². The molecule has 0 spiro atoms. The Bertz CT molecular complexity index is 974. The van der Waals surface area contributed by atoms with E-state index in [1.807, 2.05) is 24.3 Å². The smallest absolute Gasteiger partial charge is 0.326 e. The van der Waals surface area contributed by atoms with Gasteiger partial charge in [-0.2, -0.15) is 0 Å². The lowest BCUT2D eigenvalue weighted by molar-refractivity contribution is -0.158. The Hall–Kier alpha value is -3.35. The van der Waals surface area contributed by atoms with Crippen molar-refractivity contribution >= 4 is 23.5 Å². The molecule has 0 N–H and O–H groups in total. The van der Waals surface area contributed by atoms with Crippen molar-refractivity contribution in [2.45, 2.75) is 32.4 Å². The molecule has 0 radical (unpaired) electrons. The van der Waals surface area contributed by atoms with E-state index in [-0.39, 0.29) is 31.4 Å². The summed E-state index contributed by atoms with van der Waals surface area (Å²) < 4.78 is 11.0. The number of rotatable bonds is 4. The number of ether oxygens (including phenoxy) is 2. The maximum atomic E-state index is 12.8. The molecule has 7 heteroatoms. The molecule has 7 nitrogen and oxygen atoms in total. The van der Waals surface area contributed by atoms with Gasteiger partial charge < -0.3 is 14.4 Å². The fraction of sp³-hybridized carbons (Fsp3) is 0.348. The number of fused-ring (bicyclic) bond motifs is 2. The molecule has 1 atom stereocenters. The molecular weight excluding hydrogens is 384 g/mol. The van der Waals surface area contributed by atoms with Crippen molar-refractivity contribution in [1.82, 2.24) is 4.90 Å². The van der Waals surface area contributed by atoms with Crippen LogP contribution in [0.3, 0.4) is 0 Å². The highest BCUT2D eigenvalue weighted by molar-refractivity contribution is 5.99. The monoisotopic (exact) mass is 408 g/mol. The molecule has 156 valence electrons. The molecule has 0 aromatic heterocycles. The molecule has 2 aliphatic heterocycles. The summed E-state index contributed by atoms with van der Waals surface area (Å²) in [4.78, 5) is 40.9. The summed E-state index contributed by atoms with van der Waals surface area (Å²) in [5.41, 5.74) is 2.89. The largest absolute Gasteiger partial charge is 0.491 e. The van der Waals surface area contributed by atoms with Gasteiger partial charge in [-0.3, -0.25) is 19.3 Å². The van der Waals surface area contributed by atoms with Gasteiger partial charge in [-0.25, -0.2) is 0 Å². The zero-order valence-corrected chi connectivity index (χ0v) is 16.9. The minimum Gasteiger partial charge on any atom is -0.491 e. The van der Waals surface area contributed by atoms with Gasteiger partial charge in [0.2, 0.25) is 5.91 Å². The number of nitrogens with zero attached hydrogens (tertiary/aromatic N) is 2. The fourth-order valence-electron chi connectivity index (χ4n) is 3.85. The van der Waals surface area contributed by atoms with Crippen molar-refractivity contribution in [3.63, 3.8) is 0 Å². The SMILES string of the molecule is C[C@@H](OC(=O)CN1C(=O)CCOc2ccccc21)C(=O)N1CCc2ccccc2C1. The first kappa shape index (κ1) is 19.9. The molecule has 0 unspecified atom stereocenters. The zero-order valence-electron chi connectivity index (χ0n) is 16.9. The van der Waals surface area contributed by atoms with E-state index in [4.69, 9.17) is 9.47 Å². The lowest BCUT2D eigenvalue weighted by Gasteiger charge is -2.31. The van der Waals surface area contributed by atoms with Gasteiger partial charge >= 0.3 is 5.97 Å². The van der Waals surface area contributed by atoms with Crippen molar-refractivity contribution in [1.29, 1.82) is 0 Å². The minimum atomic E-state index is -0.920. The van der Waals surface area contributed by atoms with Crippen molar-refractivity contribution in [3.8, 4) is 5.75 Å². The first-order valence-electron chi connectivity index (χ1n) is 10.1. The summed E-state index contributed by atoms with van der Waals surface area (Å²) in [5.74, 6) is -0.530. The number of hydrogen-bond acceptors (Lipinski definition) is 5. The van der Waals surface area contributed by atoms with E-state index in [1.54, 1.807) is 30.0 Å². The van der Waals surface area contributed by atoms with E-state index >= 15 is 0 Å². The second-order valence-electron chi connectivity index (χ2n) is 7.46. The van der Waals surface area contributed by atoms with Gasteiger partial charge in [0, 0.05) is 13.1 Å². The molecular formula is C23H24N2O5. The van der Waals surface area contributed by atoms with Gasteiger partial charge in [-0.05, 0) is 36.6 Å². The molecule has 0 saturated heterocycles. The van der Waals surface area contributed by atoms with E-state index in [0.717, 1.165) is 12.0 Å². The summed E-state index contributed by atoms with van der Waals surface area (Å²) in [6.07, 6.45) is 0.0296. The first-order chi connectivity index (χ1) is 14.5. The average molecular weight is 408 g/mol. The minimum absolute atomic E-state index is 0.170. The molecule has 30 heavy (non-hydrogen) atoms. The highest BCUT2D eigenvalue weighted by atomic mass is 16.5. The van der Waals surface area contributed by atoms with Crippen LogP contribution in [0, 0.1) is 0 Å². The predicted molar refractivity (Wildman–Crippen MR) is 110 cm³/mol. The number of hydrogen-bond donors (Lipinski definition) is 0. The van der Waals surface area contributed by atoms with Gasteiger partial charge in [0.25, 0.3) is 5.91 Å². The summed E-state index contributed by atoms with van der Waals surface area (Å²) >= 11 is 0. The highest BCUT2D eigenvalue weighted by Crippen LogP contribution is 2.30. The number of amides is 2. The van der Waals surface area contributed by atoms with Crippen molar-refractivity contribution in [2.24, 2.45) is 0 Å². The van der Waals surface area contributed by atoms with Crippen molar-refractivity contribution < 1.29 is 23.9 Å². The third kappa shape index (κ3) is 4.15. The van der Waals surface area contributed by atoms with E-state index < -0.39 is 12.1 Å². The molecule has 0 bridgehead atoms. The summed E-state index contributed by atoms with van der Waals surface area (Å²) in [5, 5.41) is 0. The summed E-state index contributed by atoms with van der Waals surface area (Å²) in [7, 11) is 0. The molecule has 2 heterocycles. The van der Waals surface area contributed by atoms with Crippen molar-refractivity contribution in [2.75, 3.05) is 24.6 Å². The van der Waals surface area contributed by atoms with E-state index in [1.165, 1.54) is 10.5 Å². The molecule has 2 aliphatic rings. The number of carbonyl (C=O) groups is 3. The number of benzene rings is 2. The van der Waals surface area contributed by atoms with Crippen LogP contribution in [0.15, 0.2) is 48.5 Å². The van der Waals surface area contributed by atoms with Crippen LogP contribution in [-0.4, -0.2) is 48.5 Å². The van der Waals surface area contributed by atoms with Crippen LogP contribution in [0.2, 0.25) is 0 Å². The van der Waals surface area contributed by atoms with Gasteiger partial charge in [0.05, 0.1) is 18.7 Å². The number of carbonyl (C=O) groups excluding carboxylic acids is 3. The molecule has 4 rings (SSSR count). The Morgan fingerprint density at radius 2 is 1.80 bits per heavy atom. The molecule has 0 fully saturated rings. The lowest BCUT2D eigenvalue weighted by Crippen LogP contribution is -2.44. The molecule has 0 saturated carbocycles. The maximum absolute atomic E-state index is 12.8. The van der Waals surface area contributed by atoms with E-state index in [2.05, 4.69) is 6.07 Å². The second-order valence-corrected chi connectivity index (χ2v) is 7.46. The molecule has 2 aromatic rings. The van der Waals surface area contributed by atoms with Crippen molar-refractivity contribution in [3.05, 3.63) is 59.7 Å². The van der Waals surface area contributed by atoms with Gasteiger partial charge in [0.1, 0.15) is 12.3 Å². The van der Waals surface area contributed by atoms with Crippen LogP contribution in [0.1, 0.15) is 24.5 Å².